The van der Waals surface area contributed by atoms with Crippen molar-refractivity contribution in [1.29, 1.82) is 0 Å². The van der Waals surface area contributed by atoms with Crippen LogP contribution >= 0.6 is 0 Å². The molecular weight excluding hydrogens is 497 g/mol. The summed E-state index contributed by atoms with van der Waals surface area (Å²) in [6, 6.07) is 14.0. The van der Waals surface area contributed by atoms with E-state index in [1.54, 1.807) is 6.20 Å². The van der Waals surface area contributed by atoms with Gasteiger partial charge in [0.2, 0.25) is 5.95 Å². The number of ether oxygens (including phenoxy) is 1. The van der Waals surface area contributed by atoms with Gasteiger partial charge in [0.1, 0.15) is 17.3 Å². The lowest BCUT2D eigenvalue weighted by Gasteiger charge is -2.30. The third-order valence-electron chi connectivity index (χ3n) is 7.44. The van der Waals surface area contributed by atoms with Crippen LogP contribution in [0.2, 0.25) is 0 Å². The van der Waals surface area contributed by atoms with Crippen LogP contribution in [0.25, 0.3) is 11.0 Å². The highest BCUT2D eigenvalue weighted by Crippen LogP contribution is 2.30. The van der Waals surface area contributed by atoms with Gasteiger partial charge in [-0.25, -0.2) is 4.39 Å². The van der Waals surface area contributed by atoms with Crippen molar-refractivity contribution in [1.82, 2.24) is 19.9 Å². The number of piperidine rings is 1. The molecule has 6 rings (SSSR count). The summed E-state index contributed by atoms with van der Waals surface area (Å²) in [5.74, 6) is 0.441. The van der Waals surface area contributed by atoms with Crippen molar-refractivity contribution in [2.45, 2.75) is 18.9 Å². The van der Waals surface area contributed by atoms with Gasteiger partial charge in [0, 0.05) is 42.3 Å². The third kappa shape index (κ3) is 5.57. The number of likely N-dealkylation sites (tertiary alicyclic amines) is 1. The molecule has 2 aliphatic heterocycles. The Morgan fingerprint density at radius 2 is 1.72 bits per heavy atom. The van der Waals surface area contributed by atoms with Gasteiger partial charge in [-0.15, -0.1) is 0 Å². The average Bonchev–Trinajstić information content (AvgIpc) is 3.39. The molecule has 0 aliphatic carbocycles. The minimum Gasteiger partial charge on any atom is -0.378 e. The van der Waals surface area contributed by atoms with E-state index in [1.807, 2.05) is 12.1 Å². The molecule has 0 atom stereocenters. The van der Waals surface area contributed by atoms with Gasteiger partial charge in [-0.05, 0) is 81.5 Å². The molecule has 202 valence electrons. The van der Waals surface area contributed by atoms with Gasteiger partial charge in [0.15, 0.2) is 5.78 Å². The number of rotatable bonds is 7. The summed E-state index contributed by atoms with van der Waals surface area (Å²) in [5.41, 5.74) is 3.43. The second kappa shape index (κ2) is 11.0. The van der Waals surface area contributed by atoms with Crippen LogP contribution in [0.15, 0.2) is 54.7 Å². The van der Waals surface area contributed by atoms with Crippen LogP contribution in [0, 0.1) is 5.82 Å². The zero-order chi connectivity index (χ0) is 26.8. The van der Waals surface area contributed by atoms with E-state index in [2.05, 4.69) is 44.6 Å². The molecule has 39 heavy (non-hydrogen) atoms. The molecule has 4 aromatic rings. The molecule has 2 aromatic heterocycles. The number of nitrogens with one attached hydrogen (secondary N) is 3. The van der Waals surface area contributed by atoms with E-state index in [0.29, 0.717) is 33.9 Å². The van der Waals surface area contributed by atoms with Crippen LogP contribution in [0.1, 0.15) is 28.8 Å². The number of anilines is 4. The first kappa shape index (κ1) is 25.3. The Hall–Kier alpha value is -4.02. The predicted molar refractivity (Wildman–Crippen MR) is 151 cm³/mol. The molecule has 4 heterocycles. The standard InChI is InChI=1S/C29H32FN7O2/c1-36-12-10-22(11-13-36)32-28-25-24(26(38)19-2-4-20(30)5-3-19)18-31-27(25)34-29(35-28)33-21-6-8-23(9-7-21)37-14-16-39-17-15-37/h2-9,18,22H,10-17H2,1H3,(H3,31,32,33,34,35). The highest BCUT2D eigenvalue weighted by molar-refractivity contribution is 6.18. The van der Waals surface area contributed by atoms with Crippen molar-refractivity contribution in [3.63, 3.8) is 0 Å². The first-order chi connectivity index (χ1) is 19.0. The number of hydrogen-bond acceptors (Lipinski definition) is 8. The summed E-state index contributed by atoms with van der Waals surface area (Å²) in [5, 5.41) is 7.56. The second-order valence-electron chi connectivity index (χ2n) is 10.2. The SMILES string of the molecule is CN1CCC(Nc2nc(Nc3ccc(N4CCOCC4)cc3)nc3[nH]cc(C(=O)c4ccc(F)cc4)c23)CC1. The number of morpholine rings is 1. The Morgan fingerprint density at radius 3 is 2.44 bits per heavy atom. The van der Waals surface area contributed by atoms with E-state index in [-0.39, 0.29) is 17.6 Å². The smallest absolute Gasteiger partial charge is 0.231 e. The molecule has 0 saturated carbocycles. The van der Waals surface area contributed by atoms with Crippen LogP contribution in [-0.2, 0) is 4.74 Å². The first-order valence-corrected chi connectivity index (χ1v) is 13.4. The molecule has 0 amide bonds. The number of carbonyl (C=O) groups excluding carboxylic acids is 1. The molecule has 2 saturated heterocycles. The van der Waals surface area contributed by atoms with Crippen LogP contribution in [0.4, 0.5) is 27.5 Å². The number of carbonyl (C=O) groups is 1. The normalized spacial score (nSPS) is 16.9. The number of benzene rings is 2. The quantitative estimate of drug-likeness (QED) is 0.303. The fraction of sp³-hybridized carbons (Fsp3) is 0.345. The lowest BCUT2D eigenvalue weighted by molar-refractivity contribution is 0.104. The molecular formula is C29H32FN7O2. The summed E-state index contributed by atoms with van der Waals surface area (Å²) in [7, 11) is 2.12. The van der Waals surface area contributed by atoms with Gasteiger partial charge in [0.25, 0.3) is 0 Å². The van der Waals surface area contributed by atoms with Crippen LogP contribution in [0.3, 0.4) is 0 Å². The third-order valence-corrected chi connectivity index (χ3v) is 7.44. The molecule has 0 bridgehead atoms. The predicted octanol–water partition coefficient (Wildman–Crippen LogP) is 4.41. The fourth-order valence-corrected chi connectivity index (χ4v) is 5.18. The van der Waals surface area contributed by atoms with Crippen molar-refractivity contribution in [3.05, 3.63) is 71.7 Å². The summed E-state index contributed by atoms with van der Waals surface area (Å²) in [6.45, 7) is 5.21. The van der Waals surface area contributed by atoms with Crippen LogP contribution < -0.4 is 15.5 Å². The van der Waals surface area contributed by atoms with Crippen molar-refractivity contribution in [2.75, 3.05) is 62.0 Å². The molecule has 0 radical (unpaired) electrons. The second-order valence-corrected chi connectivity index (χ2v) is 10.2. The van der Waals surface area contributed by atoms with E-state index < -0.39 is 0 Å². The Balaban J connectivity index is 1.31. The maximum Gasteiger partial charge on any atom is 0.231 e. The minimum atomic E-state index is -0.382. The summed E-state index contributed by atoms with van der Waals surface area (Å²) >= 11 is 0. The van der Waals surface area contributed by atoms with E-state index in [1.165, 1.54) is 24.3 Å². The number of hydrogen-bond donors (Lipinski definition) is 3. The number of fused-ring (bicyclic) bond motifs is 1. The highest BCUT2D eigenvalue weighted by Gasteiger charge is 2.23. The summed E-state index contributed by atoms with van der Waals surface area (Å²) < 4.78 is 18.9. The van der Waals surface area contributed by atoms with Crippen molar-refractivity contribution >= 4 is 40.0 Å². The van der Waals surface area contributed by atoms with Crippen LogP contribution in [0.5, 0.6) is 0 Å². The van der Waals surface area contributed by atoms with E-state index in [4.69, 9.17) is 14.7 Å². The first-order valence-electron chi connectivity index (χ1n) is 13.4. The maximum absolute atomic E-state index is 13.5. The Labute approximate surface area is 226 Å². The number of H-pyrrole nitrogens is 1. The van der Waals surface area contributed by atoms with E-state index >= 15 is 0 Å². The molecule has 2 aliphatic rings. The van der Waals surface area contributed by atoms with Gasteiger partial charge >= 0.3 is 0 Å². The monoisotopic (exact) mass is 529 g/mol. The van der Waals surface area contributed by atoms with Crippen molar-refractivity contribution < 1.29 is 13.9 Å². The molecule has 2 fully saturated rings. The van der Waals surface area contributed by atoms with Crippen molar-refractivity contribution in [2.24, 2.45) is 0 Å². The van der Waals surface area contributed by atoms with Gasteiger partial charge < -0.3 is 30.2 Å². The highest BCUT2D eigenvalue weighted by atomic mass is 19.1. The molecule has 3 N–H and O–H groups in total. The summed E-state index contributed by atoms with van der Waals surface area (Å²) in [6.07, 6.45) is 3.60. The Bertz CT molecular complexity index is 1440. The number of aromatic nitrogens is 3. The lowest BCUT2D eigenvalue weighted by atomic mass is 10.0. The van der Waals surface area contributed by atoms with E-state index in [9.17, 15) is 9.18 Å². The molecule has 9 nitrogen and oxygen atoms in total. The van der Waals surface area contributed by atoms with Gasteiger partial charge in [-0.2, -0.15) is 9.97 Å². The number of nitrogens with zero attached hydrogens (tertiary/aromatic N) is 4. The van der Waals surface area contributed by atoms with Crippen molar-refractivity contribution in [3.8, 4) is 0 Å². The minimum absolute atomic E-state index is 0.212. The van der Waals surface area contributed by atoms with Gasteiger partial charge in [-0.3, -0.25) is 4.79 Å². The molecule has 2 aromatic carbocycles. The van der Waals surface area contributed by atoms with Crippen LogP contribution in [-0.4, -0.2) is 78.1 Å². The van der Waals surface area contributed by atoms with E-state index in [0.717, 1.165) is 63.6 Å². The molecule has 0 unspecified atom stereocenters. The number of halogens is 1. The zero-order valence-electron chi connectivity index (χ0n) is 21.9. The summed E-state index contributed by atoms with van der Waals surface area (Å²) in [4.78, 5) is 30.7. The molecule has 10 heteroatoms. The fourth-order valence-electron chi connectivity index (χ4n) is 5.18. The lowest BCUT2D eigenvalue weighted by Crippen LogP contribution is -2.37. The Morgan fingerprint density at radius 1 is 1.00 bits per heavy atom. The van der Waals surface area contributed by atoms with Gasteiger partial charge in [0.05, 0.1) is 24.2 Å². The zero-order valence-corrected chi connectivity index (χ0v) is 21.9. The topological polar surface area (TPSA) is 98.4 Å². The largest absolute Gasteiger partial charge is 0.378 e. The average molecular weight is 530 g/mol. The maximum atomic E-state index is 13.5. The number of aromatic amines is 1. The number of ketones is 1. The molecule has 0 spiro atoms. The van der Waals surface area contributed by atoms with Gasteiger partial charge in [-0.1, -0.05) is 0 Å². The Kier molecular flexibility index (Phi) is 7.12.